The minimum Gasteiger partial charge on any atom is -0.497 e. The predicted octanol–water partition coefficient (Wildman–Crippen LogP) is 3.27. The van der Waals surface area contributed by atoms with E-state index in [1.54, 1.807) is 7.11 Å². The van der Waals surface area contributed by atoms with Gasteiger partial charge in [0.1, 0.15) is 5.75 Å². The van der Waals surface area contributed by atoms with Crippen molar-refractivity contribution in [1.82, 2.24) is 0 Å². The van der Waals surface area contributed by atoms with Crippen molar-refractivity contribution in [2.45, 2.75) is 32.5 Å². The monoisotopic (exact) mass is 344 g/mol. The van der Waals surface area contributed by atoms with E-state index in [1.165, 1.54) is 10.4 Å². The lowest BCUT2D eigenvalue weighted by Gasteiger charge is -2.29. The van der Waals surface area contributed by atoms with Crippen molar-refractivity contribution >= 4 is 27.0 Å². The Balaban J connectivity index is 2.03. The van der Waals surface area contributed by atoms with E-state index in [1.807, 2.05) is 24.3 Å². The highest BCUT2D eigenvalue weighted by Crippen LogP contribution is 2.30. The van der Waals surface area contributed by atoms with Gasteiger partial charge in [-0.25, -0.2) is 0 Å². The molecule has 1 aliphatic heterocycles. The Hall–Kier alpha value is -1.41. The fraction of sp³-hybridized carbons (Fsp3) is 0.333. The molecule has 0 radical (unpaired) electrons. The number of hydrogen-bond donors (Lipinski definition) is 0. The minimum atomic E-state index is -2.04. The number of fused-ring (bicyclic) bond motifs is 1. The topological polar surface area (TPSA) is 27.7 Å². The maximum atomic E-state index is 6.53. The van der Waals surface area contributed by atoms with Gasteiger partial charge in [0, 0.05) is 5.56 Å². The van der Waals surface area contributed by atoms with Crippen molar-refractivity contribution in [1.29, 1.82) is 0 Å². The van der Waals surface area contributed by atoms with Crippen LogP contribution < -0.4 is 15.1 Å². The Morgan fingerprint density at radius 3 is 1.70 bits per heavy atom. The van der Waals surface area contributed by atoms with Gasteiger partial charge >= 0.3 is 0 Å². The first-order chi connectivity index (χ1) is 10.8. The lowest BCUT2D eigenvalue weighted by atomic mass is 10.2. The summed E-state index contributed by atoms with van der Waals surface area (Å²) in [6.45, 7) is 9.01. The summed E-state index contributed by atoms with van der Waals surface area (Å²) >= 11 is 0. The number of benzene rings is 2. The summed E-state index contributed by atoms with van der Waals surface area (Å²) in [5.41, 5.74) is 1.06. The van der Waals surface area contributed by atoms with Crippen LogP contribution in [-0.4, -0.2) is 23.7 Å². The standard InChI is InChI=1S/C18H24O3Si2/c1-19-15-12-10-14(11-13-15)18-20-22(2,3)16-8-6-7-9-17(16)23(4,5)21-18/h6-13,18H,1-5H3. The van der Waals surface area contributed by atoms with Crippen molar-refractivity contribution in [3.05, 3.63) is 54.1 Å². The number of hydrogen-bond acceptors (Lipinski definition) is 3. The van der Waals surface area contributed by atoms with Crippen LogP contribution in [0.2, 0.25) is 26.2 Å². The molecule has 0 amide bonds. The van der Waals surface area contributed by atoms with Crippen molar-refractivity contribution < 1.29 is 13.6 Å². The van der Waals surface area contributed by atoms with E-state index in [9.17, 15) is 0 Å². The summed E-state index contributed by atoms with van der Waals surface area (Å²) in [7, 11) is -2.40. The van der Waals surface area contributed by atoms with Gasteiger partial charge < -0.3 is 13.6 Å². The molecule has 0 aliphatic carbocycles. The molecule has 23 heavy (non-hydrogen) atoms. The van der Waals surface area contributed by atoms with E-state index in [-0.39, 0.29) is 6.29 Å². The summed E-state index contributed by atoms with van der Waals surface area (Å²) in [6.07, 6.45) is -0.309. The maximum Gasteiger partial charge on any atom is 0.221 e. The van der Waals surface area contributed by atoms with Gasteiger partial charge in [0.05, 0.1) is 7.11 Å². The molecule has 0 atom stereocenters. The fourth-order valence-electron chi connectivity index (χ4n) is 3.12. The Morgan fingerprint density at radius 1 is 0.783 bits per heavy atom. The minimum absolute atomic E-state index is 0.309. The van der Waals surface area contributed by atoms with Gasteiger partial charge in [-0.3, -0.25) is 0 Å². The molecule has 0 aromatic heterocycles. The third-order valence-electron chi connectivity index (χ3n) is 4.42. The molecule has 2 aromatic rings. The molecular formula is C18H24O3Si2. The molecule has 3 nitrogen and oxygen atoms in total. The van der Waals surface area contributed by atoms with Crippen molar-refractivity contribution in [3.8, 4) is 5.75 Å². The van der Waals surface area contributed by atoms with E-state index >= 15 is 0 Å². The van der Waals surface area contributed by atoms with Gasteiger partial charge in [-0.1, -0.05) is 36.4 Å². The van der Waals surface area contributed by atoms with Gasteiger partial charge in [-0.05, 0) is 48.7 Å². The normalized spacial score (nSPS) is 19.7. The highest BCUT2D eigenvalue weighted by Gasteiger charge is 2.43. The van der Waals surface area contributed by atoms with Crippen LogP contribution >= 0.6 is 0 Å². The van der Waals surface area contributed by atoms with Crippen LogP contribution in [0.3, 0.4) is 0 Å². The average molecular weight is 345 g/mol. The zero-order valence-corrected chi connectivity index (χ0v) is 16.4. The predicted molar refractivity (Wildman–Crippen MR) is 98.6 cm³/mol. The van der Waals surface area contributed by atoms with Crippen LogP contribution in [0.4, 0.5) is 0 Å². The summed E-state index contributed by atoms with van der Waals surface area (Å²) in [5.74, 6) is 0.846. The third-order valence-corrected chi connectivity index (χ3v) is 9.74. The van der Waals surface area contributed by atoms with E-state index in [0.717, 1.165) is 11.3 Å². The van der Waals surface area contributed by atoms with Crippen molar-refractivity contribution in [2.75, 3.05) is 7.11 Å². The molecule has 5 heteroatoms. The van der Waals surface area contributed by atoms with Gasteiger partial charge in [0.2, 0.25) is 16.6 Å². The van der Waals surface area contributed by atoms with Crippen LogP contribution in [0, 0.1) is 0 Å². The highest BCUT2D eigenvalue weighted by atomic mass is 28.4. The first-order valence-corrected chi connectivity index (χ1v) is 13.7. The molecule has 1 heterocycles. The summed E-state index contributed by atoms with van der Waals surface area (Å²) in [6, 6.07) is 16.6. The average Bonchev–Trinajstić information content (AvgIpc) is 2.61. The van der Waals surface area contributed by atoms with Gasteiger partial charge in [-0.2, -0.15) is 0 Å². The number of methoxy groups -OCH3 is 1. The Morgan fingerprint density at radius 2 is 1.26 bits per heavy atom. The third kappa shape index (κ3) is 3.14. The van der Waals surface area contributed by atoms with E-state index in [2.05, 4.69) is 50.5 Å². The van der Waals surface area contributed by atoms with Crippen LogP contribution in [-0.2, 0) is 8.85 Å². The summed E-state index contributed by atoms with van der Waals surface area (Å²) in [5, 5.41) is 2.74. The largest absolute Gasteiger partial charge is 0.497 e. The zero-order chi connectivity index (χ0) is 16.7. The molecule has 1 aliphatic rings. The Kier molecular flexibility index (Phi) is 4.22. The van der Waals surface area contributed by atoms with Gasteiger partial charge in [-0.15, -0.1) is 0 Å². The van der Waals surface area contributed by atoms with Crippen molar-refractivity contribution in [2.24, 2.45) is 0 Å². The molecular weight excluding hydrogens is 320 g/mol. The lowest BCUT2D eigenvalue weighted by Crippen LogP contribution is -2.57. The first-order valence-electron chi connectivity index (χ1n) is 7.93. The van der Waals surface area contributed by atoms with Crippen LogP contribution in [0.1, 0.15) is 11.9 Å². The molecule has 3 rings (SSSR count). The van der Waals surface area contributed by atoms with E-state index in [4.69, 9.17) is 13.6 Å². The SMILES string of the molecule is COc1ccc(C2O[Si](C)(C)c3ccccc3[Si](C)(C)O2)cc1. The molecule has 0 saturated carbocycles. The van der Waals surface area contributed by atoms with E-state index in [0.29, 0.717) is 0 Å². The Bertz CT molecular complexity index is 659. The second-order valence-electron chi connectivity index (χ2n) is 6.91. The maximum absolute atomic E-state index is 6.53. The molecule has 0 N–H and O–H groups in total. The van der Waals surface area contributed by atoms with Gasteiger partial charge in [0.25, 0.3) is 0 Å². The smallest absolute Gasteiger partial charge is 0.221 e. The van der Waals surface area contributed by atoms with Crippen LogP contribution in [0.5, 0.6) is 5.75 Å². The molecule has 0 fully saturated rings. The fourth-order valence-corrected chi connectivity index (χ4v) is 9.17. The van der Waals surface area contributed by atoms with Crippen LogP contribution in [0.15, 0.2) is 48.5 Å². The highest BCUT2D eigenvalue weighted by molar-refractivity contribution is 6.95. The summed E-state index contributed by atoms with van der Waals surface area (Å²) in [4.78, 5) is 0. The molecule has 0 bridgehead atoms. The molecule has 0 saturated heterocycles. The second-order valence-corrected chi connectivity index (χ2v) is 14.5. The lowest BCUT2D eigenvalue weighted by molar-refractivity contribution is -0.00508. The Labute approximate surface area is 140 Å². The second kappa shape index (κ2) is 5.90. The van der Waals surface area contributed by atoms with Gasteiger partial charge in [0.15, 0.2) is 6.29 Å². The summed E-state index contributed by atoms with van der Waals surface area (Å²) < 4.78 is 18.3. The molecule has 122 valence electrons. The van der Waals surface area contributed by atoms with E-state index < -0.39 is 16.6 Å². The van der Waals surface area contributed by atoms with Crippen molar-refractivity contribution in [3.63, 3.8) is 0 Å². The van der Waals surface area contributed by atoms with Crippen LogP contribution in [0.25, 0.3) is 0 Å². The molecule has 2 aromatic carbocycles. The number of ether oxygens (including phenoxy) is 1. The zero-order valence-electron chi connectivity index (χ0n) is 14.4. The quantitative estimate of drug-likeness (QED) is 0.783. The first kappa shape index (κ1) is 16.5. The molecule has 0 spiro atoms. The molecule has 0 unspecified atom stereocenters. The number of rotatable bonds is 2.